The number of sulfone groups is 1. The van der Waals surface area contributed by atoms with Crippen LogP contribution in [-0.4, -0.2) is 54.9 Å². The molecule has 1 fully saturated rings. The van der Waals surface area contributed by atoms with Crippen LogP contribution in [0.3, 0.4) is 0 Å². The van der Waals surface area contributed by atoms with E-state index in [1.807, 2.05) is 41.3 Å². The van der Waals surface area contributed by atoms with Crippen LogP contribution in [0.4, 0.5) is 0 Å². The summed E-state index contributed by atoms with van der Waals surface area (Å²) in [5.74, 6) is 0.00349. The van der Waals surface area contributed by atoms with Gasteiger partial charge >= 0.3 is 0 Å². The van der Waals surface area contributed by atoms with Crippen molar-refractivity contribution in [2.75, 3.05) is 26.2 Å². The molecular formula is C27H27N3O3S. The van der Waals surface area contributed by atoms with Crippen LogP contribution in [0.25, 0.3) is 10.9 Å². The zero-order chi connectivity index (χ0) is 23.5. The Balaban J connectivity index is 1.32. The van der Waals surface area contributed by atoms with Gasteiger partial charge in [-0.05, 0) is 23.8 Å². The number of piperazine rings is 1. The van der Waals surface area contributed by atoms with Gasteiger partial charge in [0, 0.05) is 49.8 Å². The molecule has 0 spiro atoms. The number of fused-ring (bicyclic) bond motifs is 1. The van der Waals surface area contributed by atoms with Crippen molar-refractivity contribution in [3.05, 3.63) is 96.7 Å². The van der Waals surface area contributed by atoms with Gasteiger partial charge in [-0.25, -0.2) is 8.42 Å². The van der Waals surface area contributed by atoms with Crippen molar-refractivity contribution >= 4 is 26.6 Å². The Kier molecular flexibility index (Phi) is 6.22. The molecule has 1 amide bonds. The number of benzene rings is 3. The van der Waals surface area contributed by atoms with Crippen molar-refractivity contribution in [2.24, 2.45) is 0 Å². The molecule has 174 valence electrons. The van der Waals surface area contributed by atoms with Crippen LogP contribution in [-0.2, 0) is 27.7 Å². The van der Waals surface area contributed by atoms with Gasteiger partial charge < -0.3 is 9.47 Å². The fourth-order valence-electron chi connectivity index (χ4n) is 4.53. The molecule has 0 saturated carbocycles. The molecule has 0 N–H and O–H groups in total. The summed E-state index contributed by atoms with van der Waals surface area (Å²) in [6.07, 6.45) is 1.61. The highest BCUT2D eigenvalue weighted by Gasteiger charge is 2.26. The van der Waals surface area contributed by atoms with Gasteiger partial charge in [-0.3, -0.25) is 9.69 Å². The normalized spacial score (nSPS) is 15.0. The minimum atomic E-state index is -3.69. The lowest BCUT2D eigenvalue weighted by Crippen LogP contribution is -2.49. The number of nitrogens with zero attached hydrogens (tertiary/aromatic N) is 3. The Morgan fingerprint density at radius 2 is 1.38 bits per heavy atom. The first-order chi connectivity index (χ1) is 16.5. The first-order valence-corrected chi connectivity index (χ1v) is 12.9. The molecule has 4 aromatic rings. The summed E-state index contributed by atoms with van der Waals surface area (Å²) in [4.78, 5) is 17.9. The van der Waals surface area contributed by atoms with Crippen molar-refractivity contribution in [3.8, 4) is 0 Å². The van der Waals surface area contributed by atoms with Crippen molar-refractivity contribution < 1.29 is 13.2 Å². The Labute approximate surface area is 200 Å². The van der Waals surface area contributed by atoms with E-state index >= 15 is 0 Å². The highest BCUT2D eigenvalue weighted by atomic mass is 32.2. The molecule has 34 heavy (non-hydrogen) atoms. The van der Waals surface area contributed by atoms with Crippen LogP contribution in [0.5, 0.6) is 0 Å². The van der Waals surface area contributed by atoms with Gasteiger partial charge in [0.1, 0.15) is 6.54 Å². The molecule has 1 aliphatic heterocycles. The summed E-state index contributed by atoms with van der Waals surface area (Å²) < 4.78 is 28.4. The van der Waals surface area contributed by atoms with Gasteiger partial charge in [-0.2, -0.15) is 0 Å². The summed E-state index contributed by atoms with van der Waals surface area (Å²) in [6.45, 7) is 3.97. The lowest BCUT2D eigenvalue weighted by molar-refractivity contribution is -0.133. The van der Waals surface area contributed by atoms with E-state index in [-0.39, 0.29) is 22.2 Å². The minimum absolute atomic E-state index is 0.00349. The maximum absolute atomic E-state index is 13.3. The second-order valence-electron chi connectivity index (χ2n) is 8.60. The van der Waals surface area contributed by atoms with Gasteiger partial charge in [0.15, 0.2) is 0 Å². The third-order valence-corrected chi connectivity index (χ3v) is 8.17. The standard InChI is InChI=1S/C27H27N3O3S/c31-27(29-17-15-28(16-18-29)19-22-9-3-1-4-10-22)21-30-20-26(24-13-7-8-14-25(24)30)34(32,33)23-11-5-2-6-12-23/h1-14,20H,15-19,21H2. The highest BCUT2D eigenvalue weighted by molar-refractivity contribution is 7.91. The summed E-state index contributed by atoms with van der Waals surface area (Å²) in [5.41, 5.74) is 2.02. The zero-order valence-electron chi connectivity index (χ0n) is 18.9. The maximum Gasteiger partial charge on any atom is 0.242 e. The zero-order valence-corrected chi connectivity index (χ0v) is 19.7. The first kappa shape index (κ1) is 22.4. The molecule has 1 aromatic heterocycles. The van der Waals surface area contributed by atoms with Gasteiger partial charge in [-0.1, -0.05) is 66.7 Å². The third kappa shape index (κ3) is 4.49. The van der Waals surface area contributed by atoms with Crippen LogP contribution in [0.15, 0.2) is 101 Å². The second-order valence-corrected chi connectivity index (χ2v) is 10.5. The molecule has 0 bridgehead atoms. The largest absolute Gasteiger partial charge is 0.339 e. The van der Waals surface area contributed by atoms with Gasteiger partial charge in [0.25, 0.3) is 0 Å². The lowest BCUT2D eigenvalue weighted by Gasteiger charge is -2.35. The molecule has 7 heteroatoms. The van der Waals surface area contributed by atoms with Crippen LogP contribution < -0.4 is 0 Å². The summed E-state index contributed by atoms with van der Waals surface area (Å²) >= 11 is 0. The number of para-hydroxylation sites is 1. The van der Waals surface area contributed by atoms with E-state index in [9.17, 15) is 13.2 Å². The fourth-order valence-corrected chi connectivity index (χ4v) is 6.02. The predicted molar refractivity (Wildman–Crippen MR) is 132 cm³/mol. The molecule has 0 radical (unpaired) electrons. The Morgan fingerprint density at radius 1 is 0.765 bits per heavy atom. The summed E-state index contributed by atoms with van der Waals surface area (Å²) in [6, 6.07) is 26.1. The fraction of sp³-hybridized carbons (Fsp3) is 0.222. The Bertz CT molecular complexity index is 1390. The third-order valence-electron chi connectivity index (χ3n) is 6.37. The van der Waals surface area contributed by atoms with Gasteiger partial charge in [-0.15, -0.1) is 0 Å². The number of hydrogen-bond donors (Lipinski definition) is 0. The smallest absolute Gasteiger partial charge is 0.242 e. The molecule has 2 heterocycles. The molecule has 5 rings (SSSR count). The van der Waals surface area contributed by atoms with Crippen LogP contribution in [0, 0.1) is 0 Å². The van der Waals surface area contributed by atoms with Crippen molar-refractivity contribution in [1.82, 2.24) is 14.4 Å². The van der Waals surface area contributed by atoms with E-state index in [1.54, 1.807) is 47.2 Å². The topological polar surface area (TPSA) is 62.6 Å². The van der Waals surface area contributed by atoms with E-state index in [2.05, 4.69) is 17.0 Å². The molecule has 3 aromatic carbocycles. The lowest BCUT2D eigenvalue weighted by atomic mass is 10.2. The first-order valence-electron chi connectivity index (χ1n) is 11.4. The SMILES string of the molecule is O=C(Cn1cc(S(=O)(=O)c2ccccc2)c2ccccc21)N1CCN(Cc2ccccc2)CC1. The van der Waals surface area contributed by atoms with Crippen LogP contribution in [0.2, 0.25) is 0 Å². The monoisotopic (exact) mass is 473 g/mol. The maximum atomic E-state index is 13.3. The van der Waals surface area contributed by atoms with E-state index in [1.165, 1.54) is 5.56 Å². The van der Waals surface area contributed by atoms with E-state index in [4.69, 9.17) is 0 Å². The van der Waals surface area contributed by atoms with Crippen molar-refractivity contribution in [2.45, 2.75) is 22.9 Å². The van der Waals surface area contributed by atoms with E-state index in [0.29, 0.717) is 18.5 Å². The summed E-state index contributed by atoms with van der Waals surface area (Å²) in [7, 11) is -3.69. The molecule has 1 saturated heterocycles. The molecular weight excluding hydrogens is 446 g/mol. The predicted octanol–water partition coefficient (Wildman–Crippen LogP) is 3.82. The quantitative estimate of drug-likeness (QED) is 0.427. The number of amides is 1. The molecule has 6 nitrogen and oxygen atoms in total. The van der Waals surface area contributed by atoms with Gasteiger partial charge in [0.2, 0.25) is 15.7 Å². The number of hydrogen-bond acceptors (Lipinski definition) is 4. The van der Waals surface area contributed by atoms with E-state index in [0.717, 1.165) is 25.2 Å². The average Bonchev–Trinajstić information content (AvgIpc) is 3.25. The van der Waals surface area contributed by atoms with Crippen LogP contribution >= 0.6 is 0 Å². The minimum Gasteiger partial charge on any atom is -0.339 e. The average molecular weight is 474 g/mol. The summed E-state index contributed by atoms with van der Waals surface area (Å²) in [5, 5.41) is 0.631. The molecule has 0 atom stereocenters. The number of aromatic nitrogens is 1. The Morgan fingerprint density at radius 3 is 2.09 bits per heavy atom. The number of rotatable bonds is 6. The second kappa shape index (κ2) is 9.44. The van der Waals surface area contributed by atoms with E-state index < -0.39 is 9.84 Å². The molecule has 0 aliphatic carbocycles. The van der Waals surface area contributed by atoms with Crippen LogP contribution in [0.1, 0.15) is 5.56 Å². The molecule has 0 unspecified atom stereocenters. The molecule has 1 aliphatic rings. The van der Waals surface area contributed by atoms with Crippen molar-refractivity contribution in [1.29, 1.82) is 0 Å². The highest BCUT2D eigenvalue weighted by Crippen LogP contribution is 2.30. The number of carbonyl (C=O) groups excluding carboxylic acids is 1. The Hall–Kier alpha value is -3.42. The number of carbonyl (C=O) groups is 1. The van der Waals surface area contributed by atoms with Crippen molar-refractivity contribution in [3.63, 3.8) is 0 Å². The van der Waals surface area contributed by atoms with Gasteiger partial charge in [0.05, 0.1) is 9.79 Å².